The molecule has 0 spiro atoms. The first-order valence-electron chi connectivity index (χ1n) is 9.08. The second-order valence-corrected chi connectivity index (χ2v) is 7.33. The minimum Gasteiger partial charge on any atom is -0.394 e. The first-order chi connectivity index (χ1) is 13.9. The van der Waals surface area contributed by atoms with Gasteiger partial charge in [-0.25, -0.2) is 13.9 Å². The summed E-state index contributed by atoms with van der Waals surface area (Å²) in [6.07, 6.45) is -2.91. The number of halogens is 2. The van der Waals surface area contributed by atoms with E-state index in [4.69, 9.17) is 16.3 Å². The van der Waals surface area contributed by atoms with Crippen LogP contribution in [0.15, 0.2) is 36.5 Å². The van der Waals surface area contributed by atoms with Crippen LogP contribution in [0.5, 0.6) is 0 Å². The van der Waals surface area contributed by atoms with Crippen LogP contribution < -0.4 is 5.32 Å². The normalized spacial score (nSPS) is 25.4. The Morgan fingerprint density at radius 1 is 1.31 bits per heavy atom. The summed E-state index contributed by atoms with van der Waals surface area (Å²) in [5, 5.41) is 37.2. The van der Waals surface area contributed by atoms with E-state index in [1.165, 1.54) is 16.8 Å². The van der Waals surface area contributed by atoms with Gasteiger partial charge in [0.05, 0.1) is 30.2 Å². The summed E-state index contributed by atoms with van der Waals surface area (Å²) in [6.45, 7) is 1.37. The molecule has 10 heteroatoms. The van der Waals surface area contributed by atoms with E-state index in [1.807, 2.05) is 0 Å². The molecule has 3 aromatic rings. The van der Waals surface area contributed by atoms with E-state index in [0.717, 1.165) is 0 Å². The van der Waals surface area contributed by atoms with Gasteiger partial charge in [0, 0.05) is 11.6 Å². The summed E-state index contributed by atoms with van der Waals surface area (Å²) in [5.74, 6) is -0.334. The highest BCUT2D eigenvalue weighted by Crippen LogP contribution is 2.35. The van der Waals surface area contributed by atoms with Gasteiger partial charge in [0.25, 0.3) is 0 Å². The molecule has 2 aromatic heterocycles. The van der Waals surface area contributed by atoms with E-state index in [1.54, 1.807) is 31.2 Å². The summed E-state index contributed by atoms with van der Waals surface area (Å²) in [4.78, 5) is 4.33. The molecule has 0 bridgehead atoms. The van der Waals surface area contributed by atoms with Crippen molar-refractivity contribution in [2.45, 2.75) is 37.4 Å². The maximum absolute atomic E-state index is 14.1. The summed E-state index contributed by atoms with van der Waals surface area (Å²) in [7, 11) is 0. The number of aliphatic hydroxyl groups excluding tert-OH is 3. The molecule has 1 aliphatic heterocycles. The summed E-state index contributed by atoms with van der Waals surface area (Å²) >= 11 is 6.17. The number of ether oxygens (including phenoxy) is 1. The van der Waals surface area contributed by atoms with Crippen LogP contribution in [0.3, 0.4) is 0 Å². The van der Waals surface area contributed by atoms with Crippen LogP contribution in [0.4, 0.5) is 10.1 Å². The average Bonchev–Trinajstić information content (AvgIpc) is 3.23. The molecule has 0 saturated carbocycles. The number of imidazole rings is 1. The number of nitrogens with one attached hydrogen (secondary N) is 1. The maximum atomic E-state index is 14.1. The zero-order chi connectivity index (χ0) is 20.7. The molecule has 29 heavy (non-hydrogen) atoms. The average molecular weight is 423 g/mol. The molecule has 8 nitrogen and oxygen atoms in total. The number of anilines is 1. The maximum Gasteiger partial charge on any atom is 0.177 e. The van der Waals surface area contributed by atoms with Crippen LogP contribution in [0, 0.1) is 5.82 Å². The van der Waals surface area contributed by atoms with Crippen LogP contribution in [0.2, 0.25) is 5.15 Å². The zero-order valence-corrected chi connectivity index (χ0v) is 16.2. The first-order valence-corrected chi connectivity index (χ1v) is 9.46. The first kappa shape index (κ1) is 20.0. The van der Waals surface area contributed by atoms with Crippen molar-refractivity contribution in [1.29, 1.82) is 0 Å². The number of benzene rings is 1. The predicted molar refractivity (Wildman–Crippen MR) is 103 cm³/mol. The van der Waals surface area contributed by atoms with Crippen LogP contribution in [-0.2, 0) is 4.74 Å². The highest BCUT2D eigenvalue weighted by atomic mass is 35.5. The number of rotatable bonds is 5. The molecule has 1 saturated heterocycles. The number of fused-ring (bicyclic) bond motifs is 1. The number of aliphatic hydroxyl groups is 3. The van der Waals surface area contributed by atoms with Crippen LogP contribution in [-0.4, -0.2) is 54.8 Å². The van der Waals surface area contributed by atoms with E-state index in [2.05, 4.69) is 15.4 Å². The third-order valence-corrected chi connectivity index (χ3v) is 5.23. The fraction of sp³-hybridized carbons (Fsp3) is 0.368. The molecule has 0 aliphatic carbocycles. The van der Waals surface area contributed by atoms with E-state index in [0.29, 0.717) is 22.6 Å². The van der Waals surface area contributed by atoms with E-state index < -0.39 is 31.0 Å². The van der Waals surface area contributed by atoms with Crippen LogP contribution in [0.25, 0.3) is 5.65 Å². The molecule has 1 aromatic carbocycles. The number of hydrogen-bond donors (Lipinski definition) is 4. The highest BCUT2D eigenvalue weighted by Gasteiger charge is 2.44. The molecule has 4 N–H and O–H groups in total. The molecule has 4 rings (SSSR count). The minimum absolute atomic E-state index is 0.145. The lowest BCUT2D eigenvalue weighted by molar-refractivity contribution is -0.0244. The topological polar surface area (TPSA) is 112 Å². The lowest BCUT2D eigenvalue weighted by Gasteiger charge is -2.18. The molecule has 1 aliphatic rings. The summed E-state index contributed by atoms with van der Waals surface area (Å²) in [5.41, 5.74) is 1.75. The summed E-state index contributed by atoms with van der Waals surface area (Å²) < 4.78 is 21.1. The van der Waals surface area contributed by atoms with Crippen molar-refractivity contribution >= 4 is 22.9 Å². The monoisotopic (exact) mass is 422 g/mol. The third kappa shape index (κ3) is 3.56. The molecule has 5 atom stereocenters. The highest BCUT2D eigenvalue weighted by molar-refractivity contribution is 6.29. The van der Waals surface area contributed by atoms with Gasteiger partial charge < -0.3 is 25.4 Å². The Kier molecular flexibility index (Phi) is 5.41. The Morgan fingerprint density at radius 2 is 2.07 bits per heavy atom. The quantitative estimate of drug-likeness (QED) is 0.496. The van der Waals surface area contributed by atoms with Gasteiger partial charge in [0.1, 0.15) is 30.2 Å². The van der Waals surface area contributed by atoms with Gasteiger partial charge in [-0.1, -0.05) is 29.8 Å². The molecule has 1 fully saturated rings. The van der Waals surface area contributed by atoms with Gasteiger partial charge >= 0.3 is 0 Å². The molecular weight excluding hydrogens is 403 g/mol. The Labute approximate surface area is 170 Å². The van der Waals surface area contributed by atoms with Crippen LogP contribution in [0.1, 0.15) is 30.3 Å². The molecule has 0 amide bonds. The second kappa shape index (κ2) is 7.85. The fourth-order valence-corrected chi connectivity index (χ4v) is 3.72. The molecule has 1 unspecified atom stereocenters. The van der Waals surface area contributed by atoms with Gasteiger partial charge in [-0.15, -0.1) is 0 Å². The smallest absolute Gasteiger partial charge is 0.177 e. The van der Waals surface area contributed by atoms with Crippen molar-refractivity contribution in [3.63, 3.8) is 0 Å². The van der Waals surface area contributed by atoms with Gasteiger partial charge in [0.15, 0.2) is 10.8 Å². The van der Waals surface area contributed by atoms with Crippen molar-refractivity contribution in [3.05, 3.63) is 58.8 Å². The molecule has 154 valence electrons. The molecule has 3 heterocycles. The Balaban J connectivity index is 1.70. The fourth-order valence-electron chi connectivity index (χ4n) is 3.54. The number of aromatic nitrogens is 3. The SMILES string of the molecule is CC(Nc1cc(Cl)nn2c([C@@H]3O[C@H](CO)[C@@H](O)[C@H]3O)cnc12)c1ccccc1F. The van der Waals surface area contributed by atoms with E-state index in [-0.39, 0.29) is 17.0 Å². The van der Waals surface area contributed by atoms with Crippen molar-refractivity contribution in [3.8, 4) is 0 Å². The van der Waals surface area contributed by atoms with Crippen molar-refractivity contribution in [2.24, 2.45) is 0 Å². The Bertz CT molecular complexity index is 1030. The van der Waals surface area contributed by atoms with Gasteiger partial charge in [-0.05, 0) is 13.0 Å². The minimum atomic E-state index is -1.26. The Hall–Kier alpha value is -2.30. The second-order valence-electron chi connectivity index (χ2n) is 6.95. The lowest BCUT2D eigenvalue weighted by atomic mass is 10.1. The van der Waals surface area contributed by atoms with Crippen molar-refractivity contribution in [1.82, 2.24) is 14.6 Å². The largest absolute Gasteiger partial charge is 0.394 e. The molecule has 0 radical (unpaired) electrons. The van der Waals surface area contributed by atoms with Crippen LogP contribution >= 0.6 is 11.6 Å². The zero-order valence-electron chi connectivity index (χ0n) is 15.4. The Morgan fingerprint density at radius 3 is 2.76 bits per heavy atom. The predicted octanol–water partition coefficient (Wildman–Crippen LogP) is 1.85. The van der Waals surface area contributed by atoms with E-state index in [9.17, 15) is 19.7 Å². The number of nitrogens with zero attached hydrogens (tertiary/aromatic N) is 3. The van der Waals surface area contributed by atoms with Crippen molar-refractivity contribution in [2.75, 3.05) is 11.9 Å². The summed E-state index contributed by atoms with van der Waals surface area (Å²) in [6, 6.07) is 7.63. The van der Waals surface area contributed by atoms with Gasteiger partial charge in [0.2, 0.25) is 0 Å². The number of hydrogen-bond acceptors (Lipinski definition) is 7. The van der Waals surface area contributed by atoms with E-state index >= 15 is 0 Å². The lowest BCUT2D eigenvalue weighted by Crippen LogP contribution is -2.32. The molecular formula is C19H20ClFN4O4. The van der Waals surface area contributed by atoms with Gasteiger partial charge in [-0.3, -0.25) is 0 Å². The van der Waals surface area contributed by atoms with Crippen molar-refractivity contribution < 1.29 is 24.4 Å². The third-order valence-electron chi connectivity index (χ3n) is 5.04. The standard InChI is InChI=1S/C19H20ClFN4O4/c1-9(10-4-2-3-5-11(10)21)23-12-6-15(20)24-25-13(7-22-19(12)25)18-17(28)16(27)14(8-26)29-18/h2-7,9,14,16-18,23,26-28H,8H2,1H3/t9?,14-,16-,17-,18+/m1/s1. The van der Waals surface area contributed by atoms with Gasteiger partial charge in [-0.2, -0.15) is 5.10 Å².